The molecule has 0 aliphatic carbocycles. The van der Waals surface area contributed by atoms with E-state index in [9.17, 15) is 9.59 Å². The summed E-state index contributed by atoms with van der Waals surface area (Å²) < 4.78 is 11.1. The number of nitrogens with zero attached hydrogens (tertiary/aromatic N) is 1. The minimum atomic E-state index is -0.244. The summed E-state index contributed by atoms with van der Waals surface area (Å²) in [6.07, 6.45) is 5.31. The first-order chi connectivity index (χ1) is 15.1. The van der Waals surface area contributed by atoms with Gasteiger partial charge < -0.3 is 19.7 Å². The van der Waals surface area contributed by atoms with Crippen LogP contribution in [-0.4, -0.2) is 55.7 Å². The van der Waals surface area contributed by atoms with Crippen molar-refractivity contribution in [1.82, 2.24) is 4.90 Å². The van der Waals surface area contributed by atoms with Crippen LogP contribution in [0, 0.1) is 6.92 Å². The van der Waals surface area contributed by atoms with Crippen molar-refractivity contribution in [2.75, 3.05) is 38.2 Å². The summed E-state index contributed by atoms with van der Waals surface area (Å²) in [5, 5.41) is 3.56. The zero-order valence-electron chi connectivity index (χ0n) is 18.0. The Hall–Kier alpha value is -2.22. The lowest BCUT2D eigenvalue weighted by Crippen LogP contribution is -2.36. The molecule has 7 heteroatoms. The maximum absolute atomic E-state index is 13.4. The number of carbonyl (C=O) groups is 2. The first kappa shape index (κ1) is 22.0. The van der Waals surface area contributed by atoms with Crippen LogP contribution in [0.1, 0.15) is 48.0 Å². The minimum Gasteiger partial charge on any atom is -0.376 e. The van der Waals surface area contributed by atoms with Crippen molar-refractivity contribution in [3.05, 3.63) is 41.5 Å². The number of thiophene rings is 1. The summed E-state index contributed by atoms with van der Waals surface area (Å²) in [5.41, 5.74) is 2.58. The third kappa shape index (κ3) is 5.34. The number of anilines is 1. The van der Waals surface area contributed by atoms with Crippen LogP contribution in [0.15, 0.2) is 30.3 Å². The van der Waals surface area contributed by atoms with E-state index in [4.69, 9.17) is 9.47 Å². The lowest BCUT2D eigenvalue weighted by atomic mass is 10.0. The molecule has 1 unspecified atom stereocenters. The summed E-state index contributed by atoms with van der Waals surface area (Å²) in [5.74, 6) is -0.238. The van der Waals surface area contributed by atoms with E-state index in [1.165, 1.54) is 11.3 Å². The van der Waals surface area contributed by atoms with Crippen LogP contribution in [-0.2, 0) is 14.3 Å². The summed E-state index contributed by atoms with van der Waals surface area (Å²) >= 11 is 1.46. The zero-order valence-corrected chi connectivity index (χ0v) is 18.8. The van der Waals surface area contributed by atoms with Gasteiger partial charge in [-0.2, -0.15) is 0 Å². The molecule has 0 saturated carbocycles. The van der Waals surface area contributed by atoms with Crippen molar-refractivity contribution in [3.63, 3.8) is 0 Å². The van der Waals surface area contributed by atoms with E-state index >= 15 is 0 Å². The van der Waals surface area contributed by atoms with E-state index in [-0.39, 0.29) is 24.5 Å². The second-order valence-electron chi connectivity index (χ2n) is 8.18. The van der Waals surface area contributed by atoms with E-state index in [0.29, 0.717) is 17.2 Å². The molecule has 0 radical (unpaired) electrons. The van der Waals surface area contributed by atoms with Crippen molar-refractivity contribution >= 4 is 28.2 Å². The Morgan fingerprint density at radius 1 is 1.16 bits per heavy atom. The molecule has 2 amide bonds. The van der Waals surface area contributed by atoms with Crippen LogP contribution in [0.2, 0.25) is 0 Å². The number of benzene rings is 1. The molecule has 6 nitrogen and oxygen atoms in total. The monoisotopic (exact) mass is 442 g/mol. The van der Waals surface area contributed by atoms with Gasteiger partial charge in [-0.25, -0.2) is 0 Å². The molecular formula is C24H30N2O4S. The van der Waals surface area contributed by atoms with Gasteiger partial charge in [-0.05, 0) is 50.2 Å². The Morgan fingerprint density at radius 3 is 2.65 bits per heavy atom. The van der Waals surface area contributed by atoms with E-state index < -0.39 is 0 Å². The predicted molar refractivity (Wildman–Crippen MR) is 123 cm³/mol. The summed E-state index contributed by atoms with van der Waals surface area (Å²) in [7, 11) is 0. The molecule has 2 fully saturated rings. The van der Waals surface area contributed by atoms with Crippen molar-refractivity contribution in [3.8, 4) is 10.4 Å². The lowest BCUT2D eigenvalue weighted by Gasteiger charge is -2.27. The minimum absolute atomic E-state index is 0.00575. The maximum atomic E-state index is 13.4. The molecular weight excluding hydrogens is 412 g/mol. The molecule has 2 aliphatic heterocycles. The second-order valence-corrected chi connectivity index (χ2v) is 9.20. The second kappa shape index (κ2) is 10.4. The number of hydrogen-bond donors (Lipinski definition) is 1. The van der Waals surface area contributed by atoms with Crippen LogP contribution >= 0.6 is 11.3 Å². The van der Waals surface area contributed by atoms with Gasteiger partial charge in [-0.3, -0.25) is 9.59 Å². The van der Waals surface area contributed by atoms with Gasteiger partial charge in [0.25, 0.3) is 11.8 Å². The highest BCUT2D eigenvalue weighted by molar-refractivity contribution is 7.20. The Labute approximate surface area is 187 Å². The van der Waals surface area contributed by atoms with Crippen molar-refractivity contribution in [1.29, 1.82) is 0 Å². The molecule has 1 aromatic heterocycles. The molecule has 166 valence electrons. The third-order valence-electron chi connectivity index (χ3n) is 5.85. The highest BCUT2D eigenvalue weighted by atomic mass is 32.1. The third-order valence-corrected chi connectivity index (χ3v) is 7.11. The first-order valence-electron chi connectivity index (χ1n) is 11.1. The van der Waals surface area contributed by atoms with E-state index in [0.717, 1.165) is 67.8 Å². The highest BCUT2D eigenvalue weighted by Crippen LogP contribution is 2.40. The van der Waals surface area contributed by atoms with Gasteiger partial charge in [0.2, 0.25) is 0 Å². The predicted octanol–water partition coefficient (Wildman–Crippen LogP) is 4.48. The average molecular weight is 443 g/mol. The number of piperidine rings is 1. The molecule has 2 aromatic rings. The van der Waals surface area contributed by atoms with Gasteiger partial charge in [0.1, 0.15) is 11.6 Å². The summed E-state index contributed by atoms with van der Waals surface area (Å²) in [4.78, 5) is 28.9. The van der Waals surface area contributed by atoms with Gasteiger partial charge in [0.15, 0.2) is 0 Å². The van der Waals surface area contributed by atoms with Crippen LogP contribution in [0.25, 0.3) is 10.4 Å². The van der Waals surface area contributed by atoms with Gasteiger partial charge >= 0.3 is 0 Å². The number of nitrogens with one attached hydrogen (secondary N) is 1. The fourth-order valence-electron chi connectivity index (χ4n) is 4.20. The van der Waals surface area contributed by atoms with Crippen LogP contribution < -0.4 is 5.32 Å². The standard InChI is InChI=1S/C24H30N2O4S/c1-17-21(24(28)26-12-6-3-7-13-26)23(31-22(17)18-9-4-2-5-10-18)25-20(27)16-29-15-19-11-8-14-30-19/h2,4-5,9-10,19H,3,6-8,11-16H2,1H3,(H,25,27). The van der Waals surface area contributed by atoms with Gasteiger partial charge in [-0.15, -0.1) is 11.3 Å². The maximum Gasteiger partial charge on any atom is 0.257 e. The Morgan fingerprint density at radius 2 is 1.94 bits per heavy atom. The van der Waals surface area contributed by atoms with E-state index in [2.05, 4.69) is 5.32 Å². The van der Waals surface area contributed by atoms with Crippen molar-refractivity contribution in [2.45, 2.75) is 45.1 Å². The summed E-state index contributed by atoms with van der Waals surface area (Å²) in [6.45, 7) is 4.65. The van der Waals surface area contributed by atoms with Crippen LogP contribution in [0.3, 0.4) is 0 Å². The molecule has 1 aromatic carbocycles. The van der Waals surface area contributed by atoms with Crippen LogP contribution in [0.5, 0.6) is 0 Å². The number of rotatable bonds is 7. The largest absolute Gasteiger partial charge is 0.376 e. The van der Waals surface area contributed by atoms with Gasteiger partial charge in [0.05, 0.1) is 18.3 Å². The van der Waals surface area contributed by atoms with E-state index in [1.54, 1.807) is 0 Å². The topological polar surface area (TPSA) is 67.9 Å². The lowest BCUT2D eigenvalue weighted by molar-refractivity contribution is -0.121. The Kier molecular flexibility index (Phi) is 7.37. The molecule has 3 heterocycles. The number of amides is 2. The summed E-state index contributed by atoms with van der Waals surface area (Å²) in [6, 6.07) is 10.0. The molecule has 1 atom stereocenters. The molecule has 2 saturated heterocycles. The number of hydrogen-bond acceptors (Lipinski definition) is 5. The van der Waals surface area contributed by atoms with Crippen molar-refractivity contribution < 1.29 is 19.1 Å². The number of ether oxygens (including phenoxy) is 2. The molecule has 1 N–H and O–H groups in total. The highest BCUT2D eigenvalue weighted by Gasteiger charge is 2.28. The van der Waals surface area contributed by atoms with Crippen LogP contribution in [0.4, 0.5) is 5.00 Å². The van der Waals surface area contributed by atoms with Gasteiger partial charge in [-0.1, -0.05) is 30.3 Å². The molecule has 4 rings (SSSR count). The normalized spacial score (nSPS) is 18.9. The number of likely N-dealkylation sites (tertiary alicyclic amines) is 1. The zero-order chi connectivity index (χ0) is 21.6. The van der Waals surface area contributed by atoms with E-state index in [1.807, 2.05) is 42.2 Å². The average Bonchev–Trinajstić information content (AvgIpc) is 3.42. The fourth-order valence-corrected chi connectivity index (χ4v) is 5.42. The van der Waals surface area contributed by atoms with Crippen molar-refractivity contribution in [2.24, 2.45) is 0 Å². The number of carbonyl (C=O) groups excluding carboxylic acids is 2. The smallest absolute Gasteiger partial charge is 0.257 e. The Balaban J connectivity index is 1.52. The molecule has 0 bridgehead atoms. The van der Waals surface area contributed by atoms with Gasteiger partial charge in [0, 0.05) is 24.6 Å². The SMILES string of the molecule is Cc1c(-c2ccccc2)sc(NC(=O)COCC2CCCO2)c1C(=O)N1CCCCC1. The molecule has 31 heavy (non-hydrogen) atoms. The fraction of sp³-hybridized carbons (Fsp3) is 0.500. The quantitative estimate of drug-likeness (QED) is 0.686. The first-order valence-corrected chi connectivity index (χ1v) is 11.9. The molecule has 0 spiro atoms. The Bertz CT molecular complexity index is 900. The molecule has 2 aliphatic rings.